The number of nitrogens with zero attached hydrogens (tertiary/aromatic N) is 2. The second kappa shape index (κ2) is 7.52. The molecule has 3 rings (SSSR count). The molecule has 0 bridgehead atoms. The molecule has 7 nitrogen and oxygen atoms in total. The Morgan fingerprint density at radius 2 is 2.32 bits per heavy atom. The standard InChI is InChI=1S/C17H20FN3O4/c1-21-8-13(7-19-21)25-16-10-24-9-14(16)20-17(22)6-11-5-12(18)3-4-15(11)23-2/h3-5,7-8,14,16H,6,9-10H2,1-2H3,(H,20,22)/t14-,16+/m0/s1. The van der Waals surface area contributed by atoms with Gasteiger partial charge in [-0.2, -0.15) is 5.10 Å². The third-order valence-corrected chi connectivity index (χ3v) is 3.94. The molecule has 0 spiro atoms. The van der Waals surface area contributed by atoms with Crippen LogP contribution in [0, 0.1) is 5.82 Å². The molecule has 2 atom stereocenters. The number of rotatable bonds is 6. The molecule has 2 heterocycles. The molecule has 134 valence electrons. The maximum absolute atomic E-state index is 13.4. The molecule has 0 aliphatic carbocycles. The summed E-state index contributed by atoms with van der Waals surface area (Å²) in [5.41, 5.74) is 0.489. The van der Waals surface area contributed by atoms with E-state index in [9.17, 15) is 9.18 Å². The molecule has 25 heavy (non-hydrogen) atoms. The summed E-state index contributed by atoms with van der Waals surface area (Å²) in [6, 6.07) is 3.81. The van der Waals surface area contributed by atoms with Crippen LogP contribution in [0.4, 0.5) is 4.39 Å². The number of carbonyl (C=O) groups is 1. The van der Waals surface area contributed by atoms with Crippen molar-refractivity contribution in [1.82, 2.24) is 15.1 Å². The molecule has 0 unspecified atom stereocenters. The zero-order valence-electron chi connectivity index (χ0n) is 14.1. The minimum Gasteiger partial charge on any atom is -0.496 e. The Bertz CT molecular complexity index is 749. The Hall–Kier alpha value is -2.61. The molecule has 1 N–H and O–H groups in total. The van der Waals surface area contributed by atoms with Gasteiger partial charge in [-0.25, -0.2) is 4.39 Å². The van der Waals surface area contributed by atoms with Crippen LogP contribution in [0.25, 0.3) is 0 Å². The minimum atomic E-state index is -0.411. The Morgan fingerprint density at radius 3 is 3.04 bits per heavy atom. The van der Waals surface area contributed by atoms with Gasteiger partial charge < -0.3 is 19.5 Å². The lowest BCUT2D eigenvalue weighted by Crippen LogP contribution is -2.45. The van der Waals surface area contributed by atoms with Gasteiger partial charge in [-0.15, -0.1) is 0 Å². The van der Waals surface area contributed by atoms with Crippen molar-refractivity contribution in [3.8, 4) is 11.5 Å². The molecule has 2 aromatic rings. The molecule has 8 heteroatoms. The summed E-state index contributed by atoms with van der Waals surface area (Å²) in [7, 11) is 3.28. The molecule has 1 amide bonds. The van der Waals surface area contributed by atoms with E-state index in [-0.39, 0.29) is 24.5 Å². The molecule has 1 aromatic carbocycles. The zero-order valence-corrected chi connectivity index (χ0v) is 14.1. The van der Waals surface area contributed by atoms with E-state index in [1.165, 1.54) is 25.3 Å². The molecular weight excluding hydrogens is 329 g/mol. The highest BCUT2D eigenvalue weighted by Gasteiger charge is 2.31. The Labute approximate surface area is 144 Å². The van der Waals surface area contributed by atoms with E-state index >= 15 is 0 Å². The van der Waals surface area contributed by atoms with E-state index in [1.807, 2.05) is 0 Å². The molecular formula is C17H20FN3O4. The lowest BCUT2D eigenvalue weighted by atomic mass is 10.1. The number of aromatic nitrogens is 2. The first-order chi connectivity index (χ1) is 12.0. The second-order valence-electron chi connectivity index (χ2n) is 5.85. The topological polar surface area (TPSA) is 74.6 Å². The van der Waals surface area contributed by atoms with Gasteiger partial charge in [0.1, 0.15) is 17.7 Å². The maximum atomic E-state index is 13.4. The van der Waals surface area contributed by atoms with Crippen molar-refractivity contribution < 1.29 is 23.4 Å². The van der Waals surface area contributed by atoms with Crippen LogP contribution in [0.15, 0.2) is 30.6 Å². The highest BCUT2D eigenvalue weighted by molar-refractivity contribution is 5.79. The minimum absolute atomic E-state index is 0.0110. The first-order valence-electron chi connectivity index (χ1n) is 7.90. The molecule has 1 fully saturated rings. The van der Waals surface area contributed by atoms with Crippen molar-refractivity contribution in [2.45, 2.75) is 18.6 Å². The van der Waals surface area contributed by atoms with Gasteiger partial charge in [0, 0.05) is 12.6 Å². The molecule has 1 saturated heterocycles. The normalized spacial score (nSPS) is 19.6. The summed E-state index contributed by atoms with van der Waals surface area (Å²) in [6.07, 6.45) is 3.06. The van der Waals surface area contributed by atoms with Gasteiger partial charge in [-0.05, 0) is 18.2 Å². The van der Waals surface area contributed by atoms with Crippen molar-refractivity contribution in [1.29, 1.82) is 0 Å². The van der Waals surface area contributed by atoms with Crippen LogP contribution >= 0.6 is 0 Å². The van der Waals surface area contributed by atoms with Gasteiger partial charge in [-0.1, -0.05) is 0 Å². The summed E-state index contributed by atoms with van der Waals surface area (Å²) < 4.78 is 31.4. The van der Waals surface area contributed by atoms with Crippen molar-refractivity contribution in [3.63, 3.8) is 0 Å². The summed E-state index contributed by atoms with van der Waals surface area (Å²) in [6.45, 7) is 0.736. The average molecular weight is 349 g/mol. The van der Waals surface area contributed by atoms with E-state index < -0.39 is 5.82 Å². The van der Waals surface area contributed by atoms with E-state index in [0.717, 1.165) is 0 Å². The van der Waals surface area contributed by atoms with E-state index in [2.05, 4.69) is 10.4 Å². The number of halogens is 1. The number of aryl methyl sites for hydroxylation is 1. The number of nitrogens with one attached hydrogen (secondary N) is 1. The summed E-state index contributed by atoms with van der Waals surface area (Å²) in [5.74, 6) is 0.427. The van der Waals surface area contributed by atoms with Crippen molar-refractivity contribution in [2.24, 2.45) is 7.05 Å². The smallest absolute Gasteiger partial charge is 0.224 e. The fraction of sp³-hybridized carbons (Fsp3) is 0.412. The van der Waals surface area contributed by atoms with E-state index in [0.29, 0.717) is 30.3 Å². The van der Waals surface area contributed by atoms with E-state index in [1.54, 1.807) is 24.1 Å². The van der Waals surface area contributed by atoms with Gasteiger partial charge in [0.05, 0.1) is 45.2 Å². The number of hydrogen-bond donors (Lipinski definition) is 1. The van der Waals surface area contributed by atoms with Crippen LogP contribution in [0.2, 0.25) is 0 Å². The quantitative estimate of drug-likeness (QED) is 0.845. The Balaban J connectivity index is 1.61. The monoisotopic (exact) mass is 349 g/mol. The number of ether oxygens (including phenoxy) is 3. The van der Waals surface area contributed by atoms with Crippen LogP contribution in [0.3, 0.4) is 0 Å². The number of benzene rings is 1. The number of hydrogen-bond acceptors (Lipinski definition) is 5. The fourth-order valence-electron chi connectivity index (χ4n) is 2.74. The fourth-order valence-corrected chi connectivity index (χ4v) is 2.74. The van der Waals surface area contributed by atoms with Gasteiger partial charge in [0.25, 0.3) is 0 Å². The maximum Gasteiger partial charge on any atom is 0.224 e. The number of methoxy groups -OCH3 is 1. The first-order valence-corrected chi connectivity index (χ1v) is 7.90. The largest absolute Gasteiger partial charge is 0.496 e. The molecule has 1 aliphatic rings. The predicted molar refractivity (Wildman–Crippen MR) is 87.0 cm³/mol. The average Bonchev–Trinajstić information content (AvgIpc) is 3.17. The van der Waals surface area contributed by atoms with Gasteiger partial charge in [-0.3, -0.25) is 9.48 Å². The van der Waals surface area contributed by atoms with Gasteiger partial charge >= 0.3 is 0 Å². The van der Waals surface area contributed by atoms with Gasteiger partial charge in [0.15, 0.2) is 5.75 Å². The SMILES string of the molecule is COc1ccc(F)cc1CC(=O)N[C@H]1COC[C@H]1Oc1cnn(C)c1. The highest BCUT2D eigenvalue weighted by Crippen LogP contribution is 2.20. The Kier molecular flexibility index (Phi) is 5.18. The Morgan fingerprint density at radius 1 is 1.48 bits per heavy atom. The third kappa shape index (κ3) is 4.27. The van der Waals surface area contributed by atoms with Crippen molar-refractivity contribution >= 4 is 5.91 Å². The summed E-state index contributed by atoms with van der Waals surface area (Å²) in [4.78, 5) is 12.3. The summed E-state index contributed by atoms with van der Waals surface area (Å²) >= 11 is 0. The van der Waals surface area contributed by atoms with Gasteiger partial charge in [0.2, 0.25) is 5.91 Å². The number of carbonyl (C=O) groups excluding carboxylic acids is 1. The van der Waals surface area contributed by atoms with Crippen LogP contribution in [0.1, 0.15) is 5.56 Å². The first kappa shape index (κ1) is 17.2. The van der Waals surface area contributed by atoms with Crippen LogP contribution in [-0.4, -0.2) is 48.2 Å². The highest BCUT2D eigenvalue weighted by atomic mass is 19.1. The van der Waals surface area contributed by atoms with Crippen LogP contribution in [-0.2, 0) is 23.0 Å². The zero-order chi connectivity index (χ0) is 17.8. The van der Waals surface area contributed by atoms with Crippen molar-refractivity contribution in [3.05, 3.63) is 42.0 Å². The van der Waals surface area contributed by atoms with Crippen LogP contribution in [0.5, 0.6) is 11.5 Å². The molecule has 1 aromatic heterocycles. The number of amides is 1. The lowest BCUT2D eigenvalue weighted by Gasteiger charge is -2.20. The van der Waals surface area contributed by atoms with Crippen LogP contribution < -0.4 is 14.8 Å². The third-order valence-electron chi connectivity index (χ3n) is 3.94. The molecule has 0 saturated carbocycles. The second-order valence-corrected chi connectivity index (χ2v) is 5.85. The molecule has 1 aliphatic heterocycles. The predicted octanol–water partition coefficient (Wildman–Crippen LogP) is 1.07. The van der Waals surface area contributed by atoms with E-state index in [4.69, 9.17) is 14.2 Å². The molecule has 0 radical (unpaired) electrons. The van der Waals surface area contributed by atoms with Crippen molar-refractivity contribution in [2.75, 3.05) is 20.3 Å². The summed E-state index contributed by atoms with van der Waals surface area (Å²) in [5, 5.41) is 6.92. The lowest BCUT2D eigenvalue weighted by molar-refractivity contribution is -0.121.